The largest absolute Gasteiger partial charge is 0.278 e. The van der Waals surface area contributed by atoms with Crippen LogP contribution in [-0.2, 0) is 0 Å². The molecule has 0 spiro atoms. The lowest BCUT2D eigenvalue weighted by atomic mass is 9.94. The molecule has 0 fully saturated rings. The SMILES string of the molecule is c1ccc2c(c1)nc1n(-c3ccc4c(c3)c3cccnc3c3cc5c(cc3c3ncccc43)c3ncccc3c3ccccc3c3cccnc35)c3ccccc3n21. The van der Waals surface area contributed by atoms with Crippen LogP contribution < -0.4 is 0 Å². The van der Waals surface area contributed by atoms with Gasteiger partial charge >= 0.3 is 0 Å². The summed E-state index contributed by atoms with van der Waals surface area (Å²) < 4.78 is 4.54. The molecule has 0 atom stereocenters. The van der Waals surface area contributed by atoms with Crippen molar-refractivity contribution in [1.82, 2.24) is 33.9 Å². The summed E-state index contributed by atoms with van der Waals surface area (Å²) in [5, 5.41) is 12.6. The van der Waals surface area contributed by atoms with E-state index in [2.05, 4.69) is 130 Å². The van der Waals surface area contributed by atoms with E-state index in [1.54, 1.807) is 0 Å². The topological polar surface area (TPSA) is 73.8 Å². The van der Waals surface area contributed by atoms with Gasteiger partial charge in [0.05, 0.1) is 44.1 Å². The van der Waals surface area contributed by atoms with E-state index in [-0.39, 0.29) is 0 Å². The Morgan fingerprint density at radius 2 is 0.741 bits per heavy atom. The lowest BCUT2D eigenvalue weighted by Crippen LogP contribution is -1.96. The first-order chi connectivity index (χ1) is 28.8. The molecule has 0 bridgehead atoms. The van der Waals surface area contributed by atoms with Crippen LogP contribution in [0.5, 0.6) is 0 Å². The standard InChI is InChI=1S/C51H29N7/c1-2-12-32-31(11-1)34-13-7-23-52-47(34)39-28-41-42(29-40(39)48-35(32)14-8-24-53-48)50-37(16-10-26-55-50)38-27-30(21-22-33(38)36-15-9-25-54-49(36)41)57-45-19-5-6-20-46(45)58-44-18-4-3-17-43(44)56-51(57)58/h1-29H. The molecule has 0 N–H and O–H groups in total. The molecule has 13 aromatic rings. The van der Waals surface area contributed by atoms with Crippen LogP contribution in [0.15, 0.2) is 176 Å². The minimum atomic E-state index is 0.868. The highest BCUT2D eigenvalue weighted by molar-refractivity contribution is 6.30. The molecular weight excluding hydrogens is 711 g/mol. The second-order valence-electron chi connectivity index (χ2n) is 14.9. The molecule has 0 radical (unpaired) electrons. The number of para-hydroxylation sites is 4. The Kier molecular flexibility index (Phi) is 6.32. The van der Waals surface area contributed by atoms with Crippen molar-refractivity contribution in [3.63, 3.8) is 0 Å². The summed E-state index contributed by atoms with van der Waals surface area (Å²) in [7, 11) is 0. The molecule has 7 heteroatoms. The number of imidazole rings is 2. The fraction of sp³-hybridized carbons (Fsp3) is 0. The minimum absolute atomic E-state index is 0.868. The van der Waals surface area contributed by atoms with Crippen LogP contribution >= 0.6 is 0 Å². The van der Waals surface area contributed by atoms with Crippen molar-refractivity contribution in [3.8, 4) is 5.69 Å². The minimum Gasteiger partial charge on any atom is -0.278 e. The Bertz CT molecular complexity index is 3990. The molecule has 6 heterocycles. The predicted octanol–water partition coefficient (Wildman–Crippen LogP) is 12.4. The number of hydrogen-bond donors (Lipinski definition) is 0. The first-order valence-electron chi connectivity index (χ1n) is 19.4. The van der Waals surface area contributed by atoms with Gasteiger partial charge in [-0.15, -0.1) is 0 Å². The molecule has 58 heavy (non-hydrogen) atoms. The molecule has 0 saturated carbocycles. The van der Waals surface area contributed by atoms with Crippen LogP contribution in [0.2, 0.25) is 0 Å². The van der Waals surface area contributed by atoms with Gasteiger partial charge in [-0.05, 0) is 94.3 Å². The average Bonchev–Trinajstić information content (AvgIpc) is 3.82. The molecular formula is C51H29N7. The summed E-state index contributed by atoms with van der Waals surface area (Å²) in [4.78, 5) is 25.7. The normalized spacial score (nSPS) is 12.1. The quantitative estimate of drug-likeness (QED) is 0.168. The van der Waals surface area contributed by atoms with Crippen molar-refractivity contribution in [1.29, 1.82) is 0 Å². The van der Waals surface area contributed by atoms with Crippen molar-refractivity contribution in [3.05, 3.63) is 176 Å². The van der Waals surface area contributed by atoms with Crippen LogP contribution in [0.4, 0.5) is 0 Å². The van der Waals surface area contributed by atoms with Crippen molar-refractivity contribution in [2.75, 3.05) is 0 Å². The van der Waals surface area contributed by atoms with E-state index in [1.807, 2.05) is 55.1 Å². The Morgan fingerprint density at radius 1 is 0.310 bits per heavy atom. The van der Waals surface area contributed by atoms with E-state index in [0.29, 0.717) is 0 Å². The van der Waals surface area contributed by atoms with Crippen LogP contribution in [0, 0.1) is 0 Å². The van der Waals surface area contributed by atoms with E-state index in [4.69, 9.17) is 24.9 Å². The zero-order chi connectivity index (χ0) is 37.9. The van der Waals surface area contributed by atoms with E-state index < -0.39 is 0 Å². The highest BCUT2D eigenvalue weighted by Crippen LogP contribution is 2.41. The Balaban J connectivity index is 1.25. The molecule has 7 aromatic carbocycles. The fourth-order valence-corrected chi connectivity index (χ4v) is 9.42. The molecule has 0 amide bonds. The van der Waals surface area contributed by atoms with Gasteiger partial charge in [0.25, 0.3) is 0 Å². The molecule has 0 aliphatic rings. The third-order valence-electron chi connectivity index (χ3n) is 11.9. The van der Waals surface area contributed by atoms with Gasteiger partial charge in [0.15, 0.2) is 0 Å². The fourth-order valence-electron chi connectivity index (χ4n) is 9.42. The van der Waals surface area contributed by atoms with Gasteiger partial charge in [-0.25, -0.2) is 4.98 Å². The summed E-state index contributed by atoms with van der Waals surface area (Å²) in [6, 6.07) is 53.6. The summed E-state index contributed by atoms with van der Waals surface area (Å²) in [6.45, 7) is 0. The number of nitrogens with zero attached hydrogens (tertiary/aromatic N) is 7. The third kappa shape index (κ3) is 4.24. The van der Waals surface area contributed by atoms with Gasteiger partial charge < -0.3 is 0 Å². The van der Waals surface area contributed by atoms with E-state index in [1.165, 1.54) is 0 Å². The summed E-state index contributed by atoms with van der Waals surface area (Å²) in [5.41, 5.74) is 8.83. The van der Waals surface area contributed by atoms with E-state index in [0.717, 1.165) is 120 Å². The van der Waals surface area contributed by atoms with Crippen molar-refractivity contribution in [2.45, 2.75) is 0 Å². The molecule has 0 aliphatic heterocycles. The summed E-state index contributed by atoms with van der Waals surface area (Å²) in [5.74, 6) is 0.868. The van der Waals surface area contributed by atoms with Gasteiger partial charge in [-0.3, -0.25) is 28.9 Å². The number of pyridine rings is 4. The van der Waals surface area contributed by atoms with Crippen LogP contribution in [-0.4, -0.2) is 33.9 Å². The van der Waals surface area contributed by atoms with Gasteiger partial charge in [-0.2, -0.15) is 0 Å². The predicted molar refractivity (Wildman–Crippen MR) is 238 cm³/mol. The maximum atomic E-state index is 5.20. The second-order valence-corrected chi connectivity index (χ2v) is 14.9. The maximum Gasteiger partial charge on any atom is 0.220 e. The van der Waals surface area contributed by atoms with Crippen LogP contribution in [0.1, 0.15) is 0 Å². The lowest BCUT2D eigenvalue weighted by molar-refractivity contribution is 1.11. The molecule has 13 rings (SSSR count). The highest BCUT2D eigenvalue weighted by Gasteiger charge is 2.19. The first-order valence-corrected chi connectivity index (χ1v) is 19.4. The number of hydrogen-bond acceptors (Lipinski definition) is 5. The Hall–Kier alpha value is -8.03. The van der Waals surface area contributed by atoms with Crippen molar-refractivity contribution < 1.29 is 0 Å². The zero-order valence-corrected chi connectivity index (χ0v) is 30.9. The van der Waals surface area contributed by atoms with Gasteiger partial charge in [0.2, 0.25) is 5.78 Å². The number of rotatable bonds is 1. The molecule has 0 saturated heterocycles. The smallest absolute Gasteiger partial charge is 0.220 e. The van der Waals surface area contributed by atoms with E-state index in [9.17, 15) is 0 Å². The molecule has 6 aromatic heterocycles. The molecule has 268 valence electrons. The van der Waals surface area contributed by atoms with E-state index >= 15 is 0 Å². The summed E-state index contributed by atoms with van der Waals surface area (Å²) >= 11 is 0. The van der Waals surface area contributed by atoms with Crippen LogP contribution in [0.25, 0.3) is 120 Å². The maximum absolute atomic E-state index is 5.20. The second kappa shape index (κ2) is 11.7. The lowest BCUT2D eigenvalue weighted by Gasteiger charge is -2.13. The average molecular weight is 740 g/mol. The van der Waals surface area contributed by atoms with Gasteiger partial charge in [0, 0.05) is 73.6 Å². The Labute approximate surface area is 329 Å². The first kappa shape index (κ1) is 31.2. The Morgan fingerprint density at radius 3 is 1.29 bits per heavy atom. The molecule has 0 unspecified atom stereocenters. The van der Waals surface area contributed by atoms with Crippen molar-refractivity contribution in [2.24, 2.45) is 0 Å². The summed E-state index contributed by atoms with van der Waals surface area (Å²) in [6.07, 6.45) is 7.55. The number of fused-ring (bicyclic) bond motifs is 21. The number of benzene rings is 5. The third-order valence-corrected chi connectivity index (χ3v) is 11.9. The molecule has 7 nitrogen and oxygen atoms in total. The van der Waals surface area contributed by atoms with Gasteiger partial charge in [0.1, 0.15) is 0 Å². The monoisotopic (exact) mass is 739 g/mol. The zero-order valence-electron chi connectivity index (χ0n) is 30.9. The highest BCUT2D eigenvalue weighted by atomic mass is 15.2. The van der Waals surface area contributed by atoms with Gasteiger partial charge in [-0.1, -0.05) is 78.9 Å². The molecule has 0 aliphatic carbocycles. The van der Waals surface area contributed by atoms with Crippen molar-refractivity contribution >= 4 is 115 Å². The van der Waals surface area contributed by atoms with Crippen LogP contribution in [0.3, 0.4) is 0 Å². The number of aromatic nitrogens is 7.